The number of nitrogens with one attached hydrogen (secondary N) is 1. The molecular formula is C23H28N2O2. The third kappa shape index (κ3) is 4.05. The molecule has 0 saturated carbocycles. The Hall–Kier alpha value is -2.62. The molecular weight excluding hydrogens is 336 g/mol. The molecule has 0 radical (unpaired) electrons. The first-order chi connectivity index (χ1) is 13.0. The predicted molar refractivity (Wildman–Crippen MR) is 110 cm³/mol. The molecule has 3 rings (SSSR count). The van der Waals surface area contributed by atoms with Gasteiger partial charge in [-0.3, -0.25) is 9.59 Å². The van der Waals surface area contributed by atoms with Crippen LogP contribution in [0.2, 0.25) is 0 Å². The summed E-state index contributed by atoms with van der Waals surface area (Å²) in [6, 6.07) is 15.9. The Morgan fingerprint density at radius 3 is 2.59 bits per heavy atom. The number of amides is 2. The maximum absolute atomic E-state index is 12.9. The van der Waals surface area contributed by atoms with Gasteiger partial charge in [-0.05, 0) is 42.0 Å². The van der Waals surface area contributed by atoms with Gasteiger partial charge in [0.1, 0.15) is 0 Å². The highest BCUT2D eigenvalue weighted by molar-refractivity contribution is 6.04. The third-order valence-corrected chi connectivity index (χ3v) is 5.52. The van der Waals surface area contributed by atoms with Crippen LogP contribution in [0.3, 0.4) is 0 Å². The minimum atomic E-state index is -0.326. The lowest BCUT2D eigenvalue weighted by Crippen LogP contribution is -2.29. The van der Waals surface area contributed by atoms with E-state index in [4.69, 9.17) is 0 Å². The molecule has 1 N–H and O–H groups in total. The minimum absolute atomic E-state index is 0.0197. The molecule has 2 aromatic carbocycles. The number of anilines is 2. The quantitative estimate of drug-likeness (QED) is 0.804. The van der Waals surface area contributed by atoms with Crippen molar-refractivity contribution in [2.75, 3.05) is 16.8 Å². The summed E-state index contributed by atoms with van der Waals surface area (Å²) in [5, 5.41) is 3.07. The van der Waals surface area contributed by atoms with E-state index in [9.17, 15) is 9.59 Å². The summed E-state index contributed by atoms with van der Waals surface area (Å²) < 4.78 is 0. The molecule has 2 unspecified atom stereocenters. The van der Waals surface area contributed by atoms with Crippen LogP contribution in [0, 0.1) is 5.92 Å². The number of carbonyl (C=O) groups excluding carboxylic acids is 2. The topological polar surface area (TPSA) is 49.4 Å². The molecule has 0 bridgehead atoms. The van der Waals surface area contributed by atoms with Gasteiger partial charge in [0, 0.05) is 24.3 Å². The first-order valence-corrected chi connectivity index (χ1v) is 9.83. The molecule has 2 aromatic rings. The number of rotatable bonds is 6. The van der Waals surface area contributed by atoms with E-state index in [-0.39, 0.29) is 24.2 Å². The summed E-state index contributed by atoms with van der Waals surface area (Å²) in [6.07, 6.45) is 2.13. The van der Waals surface area contributed by atoms with E-state index in [0.29, 0.717) is 12.5 Å². The van der Waals surface area contributed by atoms with Crippen LogP contribution in [0.1, 0.15) is 50.7 Å². The highest BCUT2D eigenvalue weighted by atomic mass is 16.2. The van der Waals surface area contributed by atoms with Crippen LogP contribution in [0.4, 0.5) is 11.4 Å². The molecule has 1 saturated heterocycles. The van der Waals surface area contributed by atoms with E-state index < -0.39 is 0 Å². The number of hydrogen-bond acceptors (Lipinski definition) is 2. The molecule has 4 heteroatoms. The van der Waals surface area contributed by atoms with Gasteiger partial charge in [0.15, 0.2) is 0 Å². The Bertz CT molecular complexity index is 831. The zero-order valence-electron chi connectivity index (χ0n) is 16.4. The van der Waals surface area contributed by atoms with Gasteiger partial charge in [0.25, 0.3) is 0 Å². The minimum Gasteiger partial charge on any atom is -0.326 e. The average Bonchev–Trinajstić information content (AvgIpc) is 3.09. The largest absolute Gasteiger partial charge is 0.326 e. The van der Waals surface area contributed by atoms with Crippen LogP contribution in [-0.2, 0) is 16.0 Å². The summed E-state index contributed by atoms with van der Waals surface area (Å²) in [5.74, 6) is -0.00566. The van der Waals surface area contributed by atoms with Crippen molar-refractivity contribution in [2.24, 2.45) is 5.92 Å². The number of aryl methyl sites for hydroxylation is 1. The first-order valence-electron chi connectivity index (χ1n) is 9.83. The normalized spacial score (nSPS) is 17.8. The summed E-state index contributed by atoms with van der Waals surface area (Å²) in [4.78, 5) is 27.2. The van der Waals surface area contributed by atoms with Crippen molar-refractivity contribution in [3.63, 3.8) is 0 Å². The molecule has 4 nitrogen and oxygen atoms in total. The second-order valence-corrected chi connectivity index (χ2v) is 7.27. The lowest BCUT2D eigenvalue weighted by Gasteiger charge is -2.20. The highest BCUT2D eigenvalue weighted by Gasteiger charge is 2.36. The number of hydrogen-bond donors (Lipinski definition) is 1. The van der Waals surface area contributed by atoms with Crippen LogP contribution in [0.15, 0.2) is 48.5 Å². The summed E-state index contributed by atoms with van der Waals surface area (Å²) in [6.45, 7) is 6.82. The predicted octanol–water partition coefficient (Wildman–Crippen LogP) is 4.75. The van der Waals surface area contributed by atoms with Crippen molar-refractivity contribution in [2.45, 2.75) is 46.0 Å². The number of carbonyl (C=O) groups is 2. The standard InChI is InChI=1S/C23H28N2O2/c1-4-16(3)19-11-7-8-12-20(19)24-23(27)18-14-22(26)25(15-18)21-13-9-6-10-17(21)5-2/h6-13,16,18H,4-5,14-15H2,1-3H3,(H,24,27). The fourth-order valence-electron chi connectivity index (χ4n) is 3.68. The van der Waals surface area contributed by atoms with Crippen molar-refractivity contribution < 1.29 is 9.59 Å². The molecule has 0 spiro atoms. The van der Waals surface area contributed by atoms with Crippen molar-refractivity contribution >= 4 is 23.2 Å². The second kappa shape index (κ2) is 8.38. The molecule has 27 heavy (non-hydrogen) atoms. The van der Waals surface area contributed by atoms with Crippen molar-refractivity contribution in [3.8, 4) is 0 Å². The SMILES string of the molecule is CCc1ccccc1N1CC(C(=O)Nc2ccccc2C(C)CC)CC1=O. The maximum Gasteiger partial charge on any atom is 0.229 e. The van der Waals surface area contributed by atoms with Gasteiger partial charge in [-0.2, -0.15) is 0 Å². The van der Waals surface area contributed by atoms with E-state index in [1.165, 1.54) is 0 Å². The monoisotopic (exact) mass is 364 g/mol. The second-order valence-electron chi connectivity index (χ2n) is 7.27. The lowest BCUT2D eigenvalue weighted by atomic mass is 9.96. The van der Waals surface area contributed by atoms with Crippen molar-refractivity contribution in [1.82, 2.24) is 0 Å². The average molecular weight is 364 g/mol. The van der Waals surface area contributed by atoms with Crippen LogP contribution in [0.25, 0.3) is 0 Å². The molecule has 0 aromatic heterocycles. The maximum atomic E-state index is 12.9. The molecule has 1 aliphatic rings. The van der Waals surface area contributed by atoms with Gasteiger partial charge >= 0.3 is 0 Å². The molecule has 2 atom stereocenters. The Morgan fingerprint density at radius 1 is 1.15 bits per heavy atom. The first kappa shape index (κ1) is 19.2. The molecule has 142 valence electrons. The van der Waals surface area contributed by atoms with Crippen LogP contribution < -0.4 is 10.2 Å². The molecule has 1 heterocycles. The number of nitrogens with zero attached hydrogens (tertiary/aromatic N) is 1. The van der Waals surface area contributed by atoms with Crippen LogP contribution in [-0.4, -0.2) is 18.4 Å². The van der Waals surface area contributed by atoms with Crippen molar-refractivity contribution in [3.05, 3.63) is 59.7 Å². The fourth-order valence-corrected chi connectivity index (χ4v) is 3.68. The molecule has 2 amide bonds. The van der Waals surface area contributed by atoms with Gasteiger partial charge in [0.2, 0.25) is 11.8 Å². The van der Waals surface area contributed by atoms with E-state index >= 15 is 0 Å². The number of benzene rings is 2. The van der Waals surface area contributed by atoms with Crippen LogP contribution >= 0.6 is 0 Å². The zero-order valence-corrected chi connectivity index (χ0v) is 16.4. The van der Waals surface area contributed by atoms with Crippen molar-refractivity contribution in [1.29, 1.82) is 0 Å². The highest BCUT2D eigenvalue weighted by Crippen LogP contribution is 2.31. The molecule has 1 fully saturated rings. The Balaban J connectivity index is 1.75. The summed E-state index contributed by atoms with van der Waals surface area (Å²) in [5.41, 5.74) is 4.07. The summed E-state index contributed by atoms with van der Waals surface area (Å²) in [7, 11) is 0. The van der Waals surface area contributed by atoms with Gasteiger partial charge < -0.3 is 10.2 Å². The number of para-hydroxylation sites is 2. The fraction of sp³-hybridized carbons (Fsp3) is 0.391. The third-order valence-electron chi connectivity index (χ3n) is 5.52. The van der Waals surface area contributed by atoms with Gasteiger partial charge in [-0.25, -0.2) is 0 Å². The van der Waals surface area contributed by atoms with Gasteiger partial charge in [0.05, 0.1) is 5.92 Å². The molecule has 1 aliphatic heterocycles. The van der Waals surface area contributed by atoms with Crippen LogP contribution in [0.5, 0.6) is 0 Å². The van der Waals surface area contributed by atoms with Gasteiger partial charge in [-0.1, -0.05) is 57.2 Å². The lowest BCUT2D eigenvalue weighted by molar-refractivity contribution is -0.122. The zero-order chi connectivity index (χ0) is 19.4. The van der Waals surface area contributed by atoms with E-state index in [0.717, 1.165) is 35.3 Å². The Labute approximate surface area is 161 Å². The Kier molecular flexibility index (Phi) is 5.94. The van der Waals surface area contributed by atoms with Gasteiger partial charge in [-0.15, -0.1) is 0 Å². The molecule has 0 aliphatic carbocycles. The smallest absolute Gasteiger partial charge is 0.229 e. The Morgan fingerprint density at radius 2 is 1.85 bits per heavy atom. The van der Waals surface area contributed by atoms with E-state index in [1.807, 2.05) is 42.5 Å². The van der Waals surface area contributed by atoms with E-state index in [2.05, 4.69) is 32.2 Å². The van der Waals surface area contributed by atoms with E-state index in [1.54, 1.807) is 4.90 Å². The summed E-state index contributed by atoms with van der Waals surface area (Å²) >= 11 is 0.